The fraction of sp³-hybridized carbons (Fsp3) is 0.583. The molecule has 1 N–H and O–H groups in total. The van der Waals surface area contributed by atoms with Gasteiger partial charge in [0.25, 0.3) is 5.91 Å². The van der Waals surface area contributed by atoms with Crippen LogP contribution in [-0.4, -0.2) is 61.8 Å². The molecule has 4 aliphatic rings. The second-order valence-electron chi connectivity index (χ2n) is 13.4. The Kier molecular flexibility index (Phi) is 10.4. The van der Waals surface area contributed by atoms with E-state index in [1.807, 2.05) is 25.1 Å². The highest BCUT2D eigenvalue weighted by Gasteiger charge is 2.44. The maximum Gasteiger partial charge on any atom is 0.292 e. The molecule has 1 saturated carbocycles. The molecule has 2 heterocycles. The van der Waals surface area contributed by atoms with Crippen molar-refractivity contribution < 1.29 is 23.6 Å². The standard InChI is InChI=1S/C36H47ClN2O5S/c1-4-34-24(2)7-5-9-32(43-18-17-42-3)29-13-10-27(29)21-39-22-36(16-6-8-25-19-28(37)12-14-30(25)36)23-44-33-15-11-26(20-31(33)39)35(40)38-45(34)41/h5,9,11-12,14-15,19-20,24,27,29,32,34H,4,6-8,10,13,16-18,21-23H2,1-3H3,(H,38,40)/b9-5+. The Labute approximate surface area is 276 Å². The lowest BCUT2D eigenvalue weighted by molar-refractivity contribution is -0.0309. The highest BCUT2D eigenvalue weighted by Crippen LogP contribution is 2.47. The number of anilines is 1. The molecule has 2 aliphatic carbocycles. The number of nitrogens with one attached hydrogen (secondary N) is 1. The molecule has 7 nitrogen and oxygen atoms in total. The van der Waals surface area contributed by atoms with Crippen molar-refractivity contribution in [2.24, 2.45) is 17.8 Å². The Balaban J connectivity index is 1.39. The largest absolute Gasteiger partial charge is 0.593 e. The van der Waals surface area contributed by atoms with E-state index >= 15 is 0 Å². The van der Waals surface area contributed by atoms with Crippen molar-refractivity contribution in [3.63, 3.8) is 0 Å². The highest BCUT2D eigenvalue weighted by atomic mass is 35.5. The fourth-order valence-corrected chi connectivity index (χ4v) is 9.43. The van der Waals surface area contributed by atoms with Crippen molar-refractivity contribution in [2.45, 2.75) is 75.6 Å². The summed E-state index contributed by atoms with van der Waals surface area (Å²) < 4.78 is 34.7. The third-order valence-electron chi connectivity index (χ3n) is 10.6. The van der Waals surface area contributed by atoms with E-state index in [-0.39, 0.29) is 28.6 Å². The summed E-state index contributed by atoms with van der Waals surface area (Å²) in [6, 6.07) is 12.0. The zero-order chi connectivity index (χ0) is 31.6. The molecule has 0 aromatic heterocycles. The fourth-order valence-electron chi connectivity index (χ4n) is 7.95. The summed E-state index contributed by atoms with van der Waals surface area (Å²) in [5.74, 6) is 1.42. The van der Waals surface area contributed by atoms with Gasteiger partial charge in [0, 0.05) is 42.1 Å². The van der Waals surface area contributed by atoms with Crippen molar-refractivity contribution in [3.05, 3.63) is 70.3 Å². The molecule has 244 valence electrons. The number of methoxy groups -OCH3 is 1. The van der Waals surface area contributed by atoms with E-state index in [9.17, 15) is 9.35 Å². The van der Waals surface area contributed by atoms with Gasteiger partial charge in [-0.3, -0.25) is 4.79 Å². The molecule has 0 radical (unpaired) electrons. The number of nitrogens with zero attached hydrogens (tertiary/aromatic N) is 1. The van der Waals surface area contributed by atoms with Crippen LogP contribution in [0.25, 0.3) is 0 Å². The summed E-state index contributed by atoms with van der Waals surface area (Å²) in [4.78, 5) is 16.0. The molecule has 7 atom stereocenters. The van der Waals surface area contributed by atoms with Gasteiger partial charge in [0.05, 0.1) is 43.0 Å². The predicted molar refractivity (Wildman–Crippen MR) is 181 cm³/mol. The second kappa shape index (κ2) is 14.3. The molecule has 7 unspecified atom stereocenters. The van der Waals surface area contributed by atoms with Crippen molar-refractivity contribution >= 4 is 34.6 Å². The summed E-state index contributed by atoms with van der Waals surface area (Å²) in [6.07, 6.45) is 11.2. The first kappa shape index (κ1) is 32.7. The van der Waals surface area contributed by atoms with Gasteiger partial charge < -0.3 is 23.7 Å². The Morgan fingerprint density at radius 2 is 2.07 bits per heavy atom. The van der Waals surface area contributed by atoms with Crippen LogP contribution in [0.2, 0.25) is 5.02 Å². The quantitative estimate of drug-likeness (QED) is 0.221. The predicted octanol–water partition coefficient (Wildman–Crippen LogP) is 6.64. The minimum atomic E-state index is -1.51. The number of rotatable bonds is 5. The molecule has 0 saturated heterocycles. The van der Waals surface area contributed by atoms with Gasteiger partial charge in [0.1, 0.15) is 11.0 Å². The Morgan fingerprint density at radius 1 is 1.20 bits per heavy atom. The molecule has 2 aromatic rings. The number of hydrogen-bond donors (Lipinski definition) is 1. The molecule has 1 spiro atoms. The van der Waals surface area contributed by atoms with Crippen molar-refractivity contribution in [3.8, 4) is 5.75 Å². The molecule has 1 amide bonds. The summed E-state index contributed by atoms with van der Waals surface area (Å²) in [7, 11) is 1.70. The number of fused-ring (bicyclic) bond motifs is 4. The van der Waals surface area contributed by atoms with Gasteiger partial charge in [0.15, 0.2) is 0 Å². The van der Waals surface area contributed by atoms with Crippen LogP contribution in [0.4, 0.5) is 5.69 Å². The van der Waals surface area contributed by atoms with E-state index in [0.717, 1.165) is 68.1 Å². The first-order valence-corrected chi connectivity index (χ1v) is 18.2. The van der Waals surface area contributed by atoms with Crippen LogP contribution in [0.5, 0.6) is 5.75 Å². The average Bonchev–Trinajstić information content (AvgIpc) is 3.16. The SMILES string of the molecule is CCC1C(C)C/C=C/C(OCCOC)C2CCC2CN2CC3(CCCc4cc(Cl)ccc43)COc3ccc(cc32)C(=O)N[S+]1[O-]. The molecular weight excluding hydrogens is 608 g/mol. The molecule has 6 rings (SSSR count). The Bertz CT molecular complexity index is 1390. The first-order chi connectivity index (χ1) is 21.8. The van der Waals surface area contributed by atoms with Crippen LogP contribution in [-0.2, 0) is 32.7 Å². The number of halogens is 1. The number of aryl methyl sites for hydroxylation is 1. The molecule has 2 aromatic carbocycles. The maximum atomic E-state index is 13.5. The van der Waals surface area contributed by atoms with E-state index < -0.39 is 11.4 Å². The Hall–Kier alpha value is -2.23. The average molecular weight is 655 g/mol. The number of allylic oxidation sites excluding steroid dienone is 1. The van der Waals surface area contributed by atoms with Crippen molar-refractivity contribution in [1.29, 1.82) is 0 Å². The Morgan fingerprint density at radius 3 is 2.84 bits per heavy atom. The van der Waals surface area contributed by atoms with Gasteiger partial charge in [-0.2, -0.15) is 4.72 Å². The van der Waals surface area contributed by atoms with E-state index in [4.69, 9.17) is 25.8 Å². The summed E-state index contributed by atoms with van der Waals surface area (Å²) >= 11 is 4.93. The van der Waals surface area contributed by atoms with Crippen LogP contribution in [0.3, 0.4) is 0 Å². The van der Waals surface area contributed by atoms with Gasteiger partial charge in [-0.15, -0.1) is 0 Å². The molecule has 9 heteroatoms. The van der Waals surface area contributed by atoms with E-state index in [2.05, 4.69) is 40.8 Å². The second-order valence-corrected chi connectivity index (χ2v) is 15.3. The molecule has 45 heavy (non-hydrogen) atoms. The number of amides is 1. The molecule has 2 bridgehead atoms. The maximum absolute atomic E-state index is 13.5. The van der Waals surface area contributed by atoms with Crippen LogP contribution in [0.15, 0.2) is 48.6 Å². The van der Waals surface area contributed by atoms with Crippen LogP contribution in [0.1, 0.15) is 73.9 Å². The first-order valence-electron chi connectivity index (χ1n) is 16.6. The third kappa shape index (κ3) is 6.91. The lowest BCUT2D eigenvalue weighted by atomic mass is 9.68. The molecular formula is C36H47ClN2O5S. The minimum absolute atomic E-state index is 0.00942. The number of carbonyl (C=O) groups excluding carboxylic acids is 1. The van der Waals surface area contributed by atoms with Gasteiger partial charge in [-0.1, -0.05) is 43.7 Å². The lowest BCUT2D eigenvalue weighted by Crippen LogP contribution is -2.49. The van der Waals surface area contributed by atoms with Gasteiger partial charge in [-0.05, 0) is 98.2 Å². The molecule has 1 fully saturated rings. The summed E-state index contributed by atoms with van der Waals surface area (Å²) in [5.41, 5.74) is 3.86. The number of ether oxygens (including phenoxy) is 3. The number of hydrogen-bond acceptors (Lipinski definition) is 6. The molecule has 2 aliphatic heterocycles. The third-order valence-corrected chi connectivity index (χ3v) is 12.6. The number of carbonyl (C=O) groups is 1. The number of benzene rings is 2. The topological polar surface area (TPSA) is 83.1 Å². The van der Waals surface area contributed by atoms with Crippen LogP contribution in [0, 0.1) is 17.8 Å². The van der Waals surface area contributed by atoms with Crippen LogP contribution < -0.4 is 14.4 Å². The zero-order valence-electron chi connectivity index (χ0n) is 26.8. The van der Waals surface area contributed by atoms with Gasteiger partial charge >= 0.3 is 0 Å². The van der Waals surface area contributed by atoms with Gasteiger partial charge in [-0.25, -0.2) is 0 Å². The highest BCUT2D eigenvalue weighted by molar-refractivity contribution is 7.90. The van der Waals surface area contributed by atoms with Crippen molar-refractivity contribution in [2.75, 3.05) is 44.9 Å². The van der Waals surface area contributed by atoms with Crippen molar-refractivity contribution in [1.82, 2.24) is 4.72 Å². The normalized spacial score (nSPS) is 32.4. The van der Waals surface area contributed by atoms with E-state index in [1.54, 1.807) is 13.2 Å². The van der Waals surface area contributed by atoms with E-state index in [0.29, 0.717) is 43.6 Å². The lowest BCUT2D eigenvalue weighted by Gasteiger charge is -2.46. The smallest absolute Gasteiger partial charge is 0.292 e. The zero-order valence-corrected chi connectivity index (χ0v) is 28.3. The van der Waals surface area contributed by atoms with Gasteiger partial charge in [0.2, 0.25) is 0 Å². The summed E-state index contributed by atoms with van der Waals surface area (Å²) in [5, 5.41) is 0.613. The summed E-state index contributed by atoms with van der Waals surface area (Å²) in [6.45, 7) is 7.45. The van der Waals surface area contributed by atoms with E-state index in [1.165, 1.54) is 11.1 Å². The minimum Gasteiger partial charge on any atom is -0.593 e. The van der Waals surface area contributed by atoms with Crippen LogP contribution >= 0.6 is 11.6 Å². The monoisotopic (exact) mass is 654 g/mol.